The highest BCUT2D eigenvalue weighted by Crippen LogP contribution is 2.46. The van der Waals surface area contributed by atoms with Crippen molar-refractivity contribution in [2.45, 2.75) is 59.3 Å². The highest BCUT2D eigenvalue weighted by atomic mass is 35.5. The van der Waals surface area contributed by atoms with E-state index in [0.29, 0.717) is 11.1 Å². The van der Waals surface area contributed by atoms with Crippen LogP contribution in [-0.4, -0.2) is 19.8 Å². The van der Waals surface area contributed by atoms with Gasteiger partial charge in [0.15, 0.2) is 16.6 Å². The molecule has 2 aromatic heterocycles. The Labute approximate surface area is 124 Å². The Balaban J connectivity index is 2.18. The molecule has 3 rings (SSSR count). The van der Waals surface area contributed by atoms with Gasteiger partial charge in [-0.05, 0) is 37.7 Å². The summed E-state index contributed by atoms with van der Waals surface area (Å²) in [6.45, 7) is 8.65. The zero-order valence-electron chi connectivity index (χ0n) is 12.6. The number of halogens is 1. The van der Waals surface area contributed by atoms with Gasteiger partial charge in [-0.2, -0.15) is 9.61 Å². The molecule has 2 heterocycles. The minimum absolute atomic E-state index is 0.244. The molecule has 0 spiro atoms. The molecule has 4 nitrogen and oxygen atoms in total. The van der Waals surface area contributed by atoms with Crippen LogP contribution in [0.4, 0.5) is 0 Å². The van der Waals surface area contributed by atoms with Gasteiger partial charge in [0.1, 0.15) is 0 Å². The first-order valence-electron chi connectivity index (χ1n) is 7.30. The average Bonchev–Trinajstić information content (AvgIpc) is 2.79. The van der Waals surface area contributed by atoms with Crippen LogP contribution in [0, 0.1) is 19.3 Å². The zero-order chi connectivity index (χ0) is 14.5. The first-order valence-corrected chi connectivity index (χ1v) is 7.67. The first-order chi connectivity index (χ1) is 9.42. The number of hydrogen-bond donors (Lipinski definition) is 0. The van der Waals surface area contributed by atoms with Crippen LogP contribution < -0.4 is 0 Å². The van der Waals surface area contributed by atoms with E-state index < -0.39 is 0 Å². The molecular weight excluding hydrogens is 272 g/mol. The fourth-order valence-electron chi connectivity index (χ4n) is 3.30. The second kappa shape index (κ2) is 4.69. The minimum Gasteiger partial charge on any atom is -0.195 e. The van der Waals surface area contributed by atoms with Crippen molar-refractivity contribution in [3.05, 3.63) is 22.1 Å². The summed E-state index contributed by atoms with van der Waals surface area (Å²) in [5.41, 5.74) is 3.13. The van der Waals surface area contributed by atoms with Crippen molar-refractivity contribution < 1.29 is 0 Å². The summed E-state index contributed by atoms with van der Waals surface area (Å²) in [5.74, 6) is 1.37. The van der Waals surface area contributed by atoms with Gasteiger partial charge >= 0.3 is 0 Å². The zero-order valence-corrected chi connectivity index (χ0v) is 13.3. The average molecular weight is 293 g/mol. The molecule has 20 heavy (non-hydrogen) atoms. The lowest BCUT2D eigenvalue weighted by molar-refractivity contribution is 0.190. The second-order valence-electron chi connectivity index (χ2n) is 6.62. The van der Waals surface area contributed by atoms with Crippen molar-refractivity contribution in [1.29, 1.82) is 0 Å². The molecule has 0 radical (unpaired) electrons. The smallest absolute Gasteiger partial charge is 0.181 e. The van der Waals surface area contributed by atoms with E-state index in [4.69, 9.17) is 11.6 Å². The van der Waals surface area contributed by atoms with Crippen LogP contribution in [0.5, 0.6) is 0 Å². The maximum Gasteiger partial charge on any atom is 0.181 e. The van der Waals surface area contributed by atoms with Crippen LogP contribution in [0.3, 0.4) is 0 Å². The topological polar surface area (TPSA) is 43.1 Å². The summed E-state index contributed by atoms with van der Waals surface area (Å²) in [5, 5.41) is 13.8. The third-order valence-electron chi connectivity index (χ3n) is 4.88. The van der Waals surface area contributed by atoms with Crippen molar-refractivity contribution in [1.82, 2.24) is 19.8 Å². The number of nitrogens with zero attached hydrogens (tertiary/aromatic N) is 4. The Bertz CT molecular complexity index is 659. The number of hydrogen-bond acceptors (Lipinski definition) is 3. The van der Waals surface area contributed by atoms with Crippen LogP contribution >= 0.6 is 11.6 Å². The largest absolute Gasteiger partial charge is 0.195 e. The predicted molar refractivity (Wildman–Crippen MR) is 80.3 cm³/mol. The van der Waals surface area contributed by atoms with Gasteiger partial charge in [-0.1, -0.05) is 38.3 Å². The van der Waals surface area contributed by atoms with Crippen molar-refractivity contribution >= 4 is 17.2 Å². The predicted octanol–water partition coefficient (Wildman–Crippen LogP) is 4.08. The molecule has 0 N–H and O–H groups in total. The fraction of sp³-hybridized carbons (Fsp3) is 0.667. The van der Waals surface area contributed by atoms with Gasteiger partial charge in [0, 0.05) is 11.5 Å². The normalized spacial score (nSPS) is 22.4. The molecule has 0 saturated heterocycles. The maximum absolute atomic E-state index is 6.24. The molecule has 108 valence electrons. The third-order valence-corrected chi connectivity index (χ3v) is 5.24. The summed E-state index contributed by atoms with van der Waals surface area (Å²) in [4.78, 5) is 0. The van der Waals surface area contributed by atoms with E-state index in [1.54, 1.807) is 0 Å². The van der Waals surface area contributed by atoms with Crippen LogP contribution in [0.2, 0.25) is 5.15 Å². The Kier molecular flexibility index (Phi) is 3.24. The Morgan fingerprint density at radius 2 is 1.90 bits per heavy atom. The van der Waals surface area contributed by atoms with E-state index >= 15 is 0 Å². The van der Waals surface area contributed by atoms with Gasteiger partial charge in [-0.15, -0.1) is 10.2 Å². The van der Waals surface area contributed by atoms with Gasteiger partial charge in [0.2, 0.25) is 0 Å². The van der Waals surface area contributed by atoms with Crippen molar-refractivity contribution in [2.24, 2.45) is 5.41 Å². The molecule has 1 unspecified atom stereocenters. The van der Waals surface area contributed by atoms with Crippen LogP contribution in [0.1, 0.15) is 62.4 Å². The number of rotatable bonds is 1. The minimum atomic E-state index is 0.244. The van der Waals surface area contributed by atoms with E-state index in [1.165, 1.54) is 19.3 Å². The van der Waals surface area contributed by atoms with Crippen molar-refractivity contribution in [2.75, 3.05) is 0 Å². The molecule has 0 amide bonds. The van der Waals surface area contributed by atoms with Gasteiger partial charge in [-0.25, -0.2) is 0 Å². The molecule has 1 fully saturated rings. The lowest BCUT2D eigenvalue weighted by atomic mass is 9.68. The fourth-order valence-corrected chi connectivity index (χ4v) is 3.52. The summed E-state index contributed by atoms with van der Waals surface area (Å²) >= 11 is 6.24. The lowest BCUT2D eigenvalue weighted by Gasteiger charge is -2.37. The lowest BCUT2D eigenvalue weighted by Crippen LogP contribution is -2.28. The SMILES string of the molecule is Cc1c(Cl)nn2c(C3CCCCC3(C)C)nnc2c1C. The van der Waals surface area contributed by atoms with E-state index in [0.717, 1.165) is 29.0 Å². The number of aromatic nitrogens is 4. The summed E-state index contributed by atoms with van der Waals surface area (Å²) in [7, 11) is 0. The summed E-state index contributed by atoms with van der Waals surface area (Å²) in [6.07, 6.45) is 4.93. The van der Waals surface area contributed by atoms with Crippen molar-refractivity contribution in [3.63, 3.8) is 0 Å². The Hall–Kier alpha value is -1.16. The molecule has 1 saturated carbocycles. The Morgan fingerprint density at radius 1 is 1.15 bits per heavy atom. The molecule has 5 heteroatoms. The van der Waals surface area contributed by atoms with Crippen LogP contribution in [-0.2, 0) is 0 Å². The van der Waals surface area contributed by atoms with E-state index in [9.17, 15) is 0 Å². The molecule has 1 aliphatic carbocycles. The van der Waals surface area contributed by atoms with Crippen LogP contribution in [0.15, 0.2) is 0 Å². The summed E-state index contributed by atoms with van der Waals surface area (Å²) in [6, 6.07) is 0. The monoisotopic (exact) mass is 292 g/mol. The molecular formula is C15H21ClN4. The van der Waals surface area contributed by atoms with Gasteiger partial charge in [-0.3, -0.25) is 0 Å². The molecule has 2 aromatic rings. The third kappa shape index (κ3) is 2.01. The molecule has 0 aliphatic heterocycles. The first kappa shape index (κ1) is 13.8. The van der Waals surface area contributed by atoms with E-state index in [-0.39, 0.29) is 5.41 Å². The summed E-state index contributed by atoms with van der Waals surface area (Å²) < 4.78 is 1.86. The van der Waals surface area contributed by atoms with Crippen molar-refractivity contribution in [3.8, 4) is 0 Å². The molecule has 0 aromatic carbocycles. The molecule has 1 aliphatic rings. The van der Waals surface area contributed by atoms with Crippen LogP contribution in [0.25, 0.3) is 5.65 Å². The number of aryl methyl sites for hydroxylation is 1. The Morgan fingerprint density at radius 3 is 2.60 bits per heavy atom. The maximum atomic E-state index is 6.24. The van der Waals surface area contributed by atoms with Gasteiger partial charge in [0.25, 0.3) is 0 Å². The van der Waals surface area contributed by atoms with Gasteiger partial charge in [0.05, 0.1) is 0 Å². The van der Waals surface area contributed by atoms with E-state index in [2.05, 4.69) is 29.1 Å². The van der Waals surface area contributed by atoms with E-state index in [1.807, 2.05) is 18.4 Å². The highest BCUT2D eigenvalue weighted by molar-refractivity contribution is 6.30. The van der Waals surface area contributed by atoms with Gasteiger partial charge < -0.3 is 0 Å². The molecule has 0 bridgehead atoms. The highest BCUT2D eigenvalue weighted by Gasteiger charge is 2.36. The second-order valence-corrected chi connectivity index (χ2v) is 6.98. The quantitative estimate of drug-likeness (QED) is 0.795. The standard InChI is InChI=1S/C15H21ClN4/c1-9-10(2)13-17-18-14(20(13)19-12(9)16)11-7-5-6-8-15(11,3)4/h11H,5-8H2,1-4H3. The number of fused-ring (bicyclic) bond motifs is 1. The molecule has 1 atom stereocenters.